The number of nitrogens with one attached hydrogen (secondary N) is 1. The number of phenols is 2. The van der Waals surface area contributed by atoms with Gasteiger partial charge in [-0.25, -0.2) is 4.98 Å². The van der Waals surface area contributed by atoms with Gasteiger partial charge in [-0.2, -0.15) is 5.10 Å². The van der Waals surface area contributed by atoms with E-state index < -0.39 is 0 Å². The lowest BCUT2D eigenvalue weighted by Crippen LogP contribution is -2.36. The van der Waals surface area contributed by atoms with E-state index in [1.165, 1.54) is 6.07 Å². The fourth-order valence-electron chi connectivity index (χ4n) is 2.99. The lowest BCUT2D eigenvalue weighted by atomic mass is 9.98. The van der Waals surface area contributed by atoms with Crippen LogP contribution >= 0.6 is 0 Å². The number of pyridine rings is 1. The van der Waals surface area contributed by atoms with Crippen LogP contribution < -0.4 is 16.1 Å². The quantitative estimate of drug-likeness (QED) is 0.282. The van der Waals surface area contributed by atoms with E-state index in [9.17, 15) is 10.2 Å². The fraction of sp³-hybridized carbons (Fsp3) is 0.368. The molecule has 0 unspecified atom stereocenters. The molecule has 5 N–H and O–H groups in total. The van der Waals surface area contributed by atoms with Gasteiger partial charge in [0.25, 0.3) is 0 Å². The van der Waals surface area contributed by atoms with E-state index >= 15 is 0 Å². The summed E-state index contributed by atoms with van der Waals surface area (Å²) < 4.78 is 5.35. The van der Waals surface area contributed by atoms with Crippen molar-refractivity contribution in [1.29, 1.82) is 0 Å². The summed E-state index contributed by atoms with van der Waals surface area (Å²) in [6, 6.07) is 6.78. The molecule has 2 heterocycles. The Hall–Kier alpha value is -3.00. The standard InChI is InChI=1S/C19H25N5O3/c1-12(2)14-9-15(17(26)10-16(14)25)19(23-20)22-13-3-4-18(21-11-13)24-5-7-27-8-6-24/h3-4,9-12,25-26H,5-8,20H2,1-2H3,(H,22,23). The van der Waals surface area contributed by atoms with Crippen LogP contribution in [0.3, 0.4) is 0 Å². The van der Waals surface area contributed by atoms with Gasteiger partial charge in [0.2, 0.25) is 0 Å². The summed E-state index contributed by atoms with van der Waals surface area (Å²) in [5.74, 6) is 6.73. The van der Waals surface area contributed by atoms with Gasteiger partial charge in [0.15, 0.2) is 5.84 Å². The number of nitrogens with zero attached hydrogens (tertiary/aromatic N) is 3. The second kappa shape index (κ2) is 8.13. The molecule has 0 atom stereocenters. The van der Waals surface area contributed by atoms with Crippen LogP contribution in [-0.4, -0.2) is 47.3 Å². The van der Waals surface area contributed by atoms with Crippen LogP contribution in [0.5, 0.6) is 11.5 Å². The predicted molar refractivity (Wildman–Crippen MR) is 105 cm³/mol. The van der Waals surface area contributed by atoms with E-state index in [1.807, 2.05) is 26.0 Å². The second-order valence-corrected chi connectivity index (χ2v) is 6.69. The van der Waals surface area contributed by atoms with Crippen LogP contribution in [0, 0.1) is 0 Å². The van der Waals surface area contributed by atoms with E-state index in [1.54, 1.807) is 12.3 Å². The first-order valence-corrected chi connectivity index (χ1v) is 8.89. The van der Waals surface area contributed by atoms with Gasteiger partial charge in [-0.05, 0) is 29.7 Å². The van der Waals surface area contributed by atoms with Gasteiger partial charge in [0.1, 0.15) is 17.3 Å². The van der Waals surface area contributed by atoms with Gasteiger partial charge >= 0.3 is 0 Å². The van der Waals surface area contributed by atoms with Crippen LogP contribution in [0.1, 0.15) is 30.9 Å². The van der Waals surface area contributed by atoms with Gasteiger partial charge in [-0.1, -0.05) is 13.8 Å². The van der Waals surface area contributed by atoms with Crippen LogP contribution in [0.25, 0.3) is 0 Å². The molecule has 1 fully saturated rings. The summed E-state index contributed by atoms with van der Waals surface area (Å²) in [5, 5.41) is 27.1. The number of hydrogen-bond donors (Lipinski definition) is 4. The number of phenolic OH excluding ortho intramolecular Hbond substituents is 2. The maximum atomic E-state index is 10.2. The van der Waals surface area contributed by atoms with Crippen LogP contribution in [0.15, 0.2) is 35.6 Å². The minimum atomic E-state index is -0.105. The average molecular weight is 371 g/mol. The summed E-state index contributed by atoms with van der Waals surface area (Å²) in [6.07, 6.45) is 1.69. The molecular formula is C19H25N5O3. The summed E-state index contributed by atoms with van der Waals surface area (Å²) in [7, 11) is 0. The molecule has 0 saturated carbocycles. The first-order chi connectivity index (χ1) is 13.0. The third-order valence-corrected chi connectivity index (χ3v) is 4.50. The Kier molecular flexibility index (Phi) is 5.66. The SMILES string of the molecule is CC(C)c1cc(/C(=N/N)Nc2ccc(N3CCOCC3)nc2)c(O)cc1O. The van der Waals surface area contributed by atoms with Crippen LogP contribution in [0.4, 0.5) is 11.5 Å². The highest BCUT2D eigenvalue weighted by atomic mass is 16.5. The molecule has 3 rings (SSSR count). The second-order valence-electron chi connectivity index (χ2n) is 6.69. The van der Waals surface area contributed by atoms with Crippen LogP contribution in [-0.2, 0) is 4.74 Å². The Bertz CT molecular complexity index is 815. The first-order valence-electron chi connectivity index (χ1n) is 8.89. The molecule has 0 aliphatic carbocycles. The Balaban J connectivity index is 1.80. The number of aromatic nitrogens is 1. The Morgan fingerprint density at radius 3 is 2.56 bits per heavy atom. The normalized spacial score (nSPS) is 15.2. The molecule has 144 valence electrons. The first kappa shape index (κ1) is 18.8. The average Bonchev–Trinajstić information content (AvgIpc) is 2.67. The molecule has 0 amide bonds. The zero-order valence-corrected chi connectivity index (χ0v) is 15.5. The lowest BCUT2D eigenvalue weighted by molar-refractivity contribution is 0.122. The van der Waals surface area contributed by atoms with E-state index in [-0.39, 0.29) is 23.3 Å². The van der Waals surface area contributed by atoms with Gasteiger partial charge in [0.05, 0.1) is 30.7 Å². The van der Waals surface area contributed by atoms with Crippen molar-refractivity contribution in [2.24, 2.45) is 10.9 Å². The van der Waals surface area contributed by atoms with Crippen molar-refractivity contribution >= 4 is 17.3 Å². The monoisotopic (exact) mass is 371 g/mol. The molecule has 1 saturated heterocycles. The van der Waals surface area contributed by atoms with E-state index in [4.69, 9.17) is 10.6 Å². The molecule has 8 heteroatoms. The number of rotatable bonds is 4. The van der Waals surface area contributed by atoms with Crippen molar-refractivity contribution in [3.63, 3.8) is 0 Å². The minimum Gasteiger partial charge on any atom is -0.508 e. The maximum Gasteiger partial charge on any atom is 0.161 e. The molecule has 1 aliphatic heterocycles. The number of aromatic hydroxyl groups is 2. The molecule has 1 aliphatic rings. The Labute approximate surface area is 158 Å². The molecule has 27 heavy (non-hydrogen) atoms. The fourth-order valence-corrected chi connectivity index (χ4v) is 2.99. The lowest BCUT2D eigenvalue weighted by Gasteiger charge is -2.27. The number of nitrogens with two attached hydrogens (primary N) is 1. The van der Waals surface area contributed by atoms with Crippen molar-refractivity contribution in [1.82, 2.24) is 4.98 Å². The molecule has 2 aromatic rings. The highest BCUT2D eigenvalue weighted by Gasteiger charge is 2.17. The largest absolute Gasteiger partial charge is 0.508 e. The van der Waals surface area contributed by atoms with E-state index in [0.29, 0.717) is 30.0 Å². The van der Waals surface area contributed by atoms with Gasteiger partial charge in [0, 0.05) is 19.2 Å². The number of amidine groups is 1. The number of hydrazone groups is 1. The number of morpholine rings is 1. The topological polar surface area (TPSA) is 116 Å². The molecular weight excluding hydrogens is 346 g/mol. The highest BCUT2D eigenvalue weighted by Crippen LogP contribution is 2.32. The molecule has 0 spiro atoms. The van der Waals surface area contributed by atoms with Gasteiger partial charge in [-0.15, -0.1) is 0 Å². The van der Waals surface area contributed by atoms with Crippen molar-refractivity contribution in [3.8, 4) is 11.5 Å². The van der Waals surface area contributed by atoms with Crippen molar-refractivity contribution in [3.05, 3.63) is 41.6 Å². The number of benzene rings is 1. The number of hydrogen-bond acceptors (Lipinski definition) is 7. The van der Waals surface area contributed by atoms with Crippen molar-refractivity contribution in [2.45, 2.75) is 19.8 Å². The van der Waals surface area contributed by atoms with E-state index in [0.717, 1.165) is 18.9 Å². The highest BCUT2D eigenvalue weighted by molar-refractivity contribution is 6.10. The number of anilines is 2. The maximum absolute atomic E-state index is 10.2. The molecule has 1 aromatic heterocycles. The third kappa shape index (κ3) is 4.22. The molecule has 1 aromatic carbocycles. The van der Waals surface area contributed by atoms with Crippen molar-refractivity contribution in [2.75, 3.05) is 36.5 Å². The van der Waals surface area contributed by atoms with Crippen molar-refractivity contribution < 1.29 is 14.9 Å². The van der Waals surface area contributed by atoms with Gasteiger partial charge in [-0.3, -0.25) is 0 Å². The summed E-state index contributed by atoms with van der Waals surface area (Å²) in [4.78, 5) is 6.63. The Morgan fingerprint density at radius 1 is 1.22 bits per heavy atom. The van der Waals surface area contributed by atoms with E-state index in [2.05, 4.69) is 20.3 Å². The zero-order valence-electron chi connectivity index (χ0n) is 15.5. The molecule has 8 nitrogen and oxygen atoms in total. The summed E-state index contributed by atoms with van der Waals surface area (Å²) in [5.41, 5.74) is 1.80. The predicted octanol–water partition coefficient (Wildman–Crippen LogP) is 2.19. The zero-order chi connectivity index (χ0) is 19.4. The molecule has 0 bridgehead atoms. The van der Waals surface area contributed by atoms with Crippen LogP contribution in [0.2, 0.25) is 0 Å². The molecule has 0 radical (unpaired) electrons. The third-order valence-electron chi connectivity index (χ3n) is 4.50. The Morgan fingerprint density at radius 2 is 1.96 bits per heavy atom. The number of ether oxygens (including phenoxy) is 1. The summed E-state index contributed by atoms with van der Waals surface area (Å²) >= 11 is 0. The summed E-state index contributed by atoms with van der Waals surface area (Å²) in [6.45, 7) is 6.94. The van der Waals surface area contributed by atoms with Gasteiger partial charge < -0.3 is 31.0 Å². The smallest absolute Gasteiger partial charge is 0.161 e. The minimum absolute atomic E-state index is 0.0409.